The monoisotopic (exact) mass is 466 g/mol. The molecule has 0 aromatic heterocycles. The van der Waals surface area contributed by atoms with E-state index in [9.17, 15) is 14.4 Å². The van der Waals surface area contributed by atoms with E-state index in [0.717, 1.165) is 24.3 Å². The summed E-state index contributed by atoms with van der Waals surface area (Å²) in [6.45, 7) is 0.138. The number of hydroxylamine groups is 2. The van der Waals surface area contributed by atoms with Crippen LogP contribution in [0, 0.1) is 11.8 Å². The molecule has 2 aliphatic carbocycles. The highest BCUT2D eigenvalue weighted by atomic mass is 16.7. The first-order valence-electron chi connectivity index (χ1n) is 11.6. The predicted octanol–water partition coefficient (Wildman–Crippen LogP) is 3.81. The lowest BCUT2D eigenvalue weighted by Gasteiger charge is -2.30. The lowest BCUT2D eigenvalue weighted by molar-refractivity contribution is -0.190. The lowest BCUT2D eigenvalue weighted by Crippen LogP contribution is -2.39. The molecule has 0 spiro atoms. The van der Waals surface area contributed by atoms with E-state index < -0.39 is 18.7 Å². The van der Waals surface area contributed by atoms with Crippen LogP contribution in [0.5, 0.6) is 0 Å². The molecule has 1 fully saturated rings. The Morgan fingerprint density at radius 2 is 1.68 bits per heavy atom. The van der Waals surface area contributed by atoms with Crippen molar-refractivity contribution in [3.8, 4) is 11.1 Å². The van der Waals surface area contributed by atoms with E-state index in [2.05, 4.69) is 29.6 Å². The third-order valence-corrected chi connectivity index (χ3v) is 6.70. The Bertz CT molecular complexity index is 1010. The van der Waals surface area contributed by atoms with Crippen LogP contribution in [0.25, 0.3) is 11.1 Å². The Balaban J connectivity index is 1.26. The molecule has 4 rings (SSSR count). The summed E-state index contributed by atoms with van der Waals surface area (Å²) in [5, 5.41) is 12.6. The zero-order chi connectivity index (χ0) is 24.1. The van der Waals surface area contributed by atoms with Gasteiger partial charge in [-0.05, 0) is 47.4 Å². The van der Waals surface area contributed by atoms with Crippen LogP contribution in [0.2, 0.25) is 0 Å². The van der Waals surface area contributed by atoms with Crippen LogP contribution >= 0.6 is 0 Å². The van der Waals surface area contributed by atoms with Gasteiger partial charge in [-0.15, -0.1) is 0 Å². The number of carboxylic acid groups (broad SMARTS) is 1. The van der Waals surface area contributed by atoms with Gasteiger partial charge in [0, 0.05) is 25.4 Å². The number of fused-ring (bicyclic) bond motifs is 3. The third kappa shape index (κ3) is 5.39. The van der Waals surface area contributed by atoms with E-state index in [0.29, 0.717) is 13.0 Å². The Morgan fingerprint density at radius 1 is 1.03 bits per heavy atom. The summed E-state index contributed by atoms with van der Waals surface area (Å²) in [4.78, 5) is 40.6. The van der Waals surface area contributed by atoms with Gasteiger partial charge < -0.3 is 15.2 Å². The summed E-state index contributed by atoms with van der Waals surface area (Å²) in [5.41, 5.74) is 4.70. The summed E-state index contributed by atoms with van der Waals surface area (Å²) < 4.78 is 5.60. The number of rotatable bonds is 8. The molecule has 34 heavy (non-hydrogen) atoms. The number of nitrogens with zero attached hydrogens (tertiary/aromatic N) is 1. The van der Waals surface area contributed by atoms with Gasteiger partial charge in [-0.1, -0.05) is 55.0 Å². The largest absolute Gasteiger partial charge is 0.479 e. The smallest absolute Gasteiger partial charge is 0.407 e. The van der Waals surface area contributed by atoms with Crippen molar-refractivity contribution in [3.05, 3.63) is 59.7 Å². The number of amides is 2. The SMILES string of the molecule is CN(OCC(=O)O)C(=O)C1CCCC(CNC(=O)OCC2c3ccccc3-c3ccccc32)C1. The average molecular weight is 467 g/mol. The molecule has 2 atom stereocenters. The quantitative estimate of drug-likeness (QED) is 0.574. The molecule has 2 unspecified atom stereocenters. The average Bonchev–Trinajstić information content (AvgIpc) is 3.18. The molecule has 2 aliphatic rings. The minimum Gasteiger partial charge on any atom is -0.479 e. The maximum absolute atomic E-state index is 12.5. The number of hydrogen-bond acceptors (Lipinski definition) is 5. The fraction of sp³-hybridized carbons (Fsp3) is 0.423. The molecule has 0 bridgehead atoms. The van der Waals surface area contributed by atoms with Gasteiger partial charge in [0.05, 0.1) is 0 Å². The van der Waals surface area contributed by atoms with Crippen LogP contribution in [-0.2, 0) is 19.2 Å². The first-order valence-corrected chi connectivity index (χ1v) is 11.6. The van der Waals surface area contributed by atoms with Gasteiger partial charge in [-0.25, -0.2) is 14.7 Å². The summed E-state index contributed by atoms with van der Waals surface area (Å²) in [6, 6.07) is 16.4. The van der Waals surface area contributed by atoms with Crippen molar-refractivity contribution < 1.29 is 29.1 Å². The van der Waals surface area contributed by atoms with E-state index in [-0.39, 0.29) is 30.3 Å². The van der Waals surface area contributed by atoms with E-state index in [1.807, 2.05) is 24.3 Å². The second kappa shape index (κ2) is 10.7. The van der Waals surface area contributed by atoms with E-state index in [1.54, 1.807) is 0 Å². The van der Waals surface area contributed by atoms with E-state index >= 15 is 0 Å². The second-order valence-corrected chi connectivity index (χ2v) is 8.94. The highest BCUT2D eigenvalue weighted by Crippen LogP contribution is 2.44. The van der Waals surface area contributed by atoms with Gasteiger partial charge in [0.1, 0.15) is 6.61 Å². The van der Waals surface area contributed by atoms with Crippen molar-refractivity contribution in [3.63, 3.8) is 0 Å². The topological polar surface area (TPSA) is 105 Å². The van der Waals surface area contributed by atoms with Crippen molar-refractivity contribution >= 4 is 18.0 Å². The van der Waals surface area contributed by atoms with Gasteiger partial charge in [-0.2, -0.15) is 0 Å². The highest BCUT2D eigenvalue weighted by molar-refractivity contribution is 5.79. The van der Waals surface area contributed by atoms with Crippen molar-refractivity contribution in [2.75, 3.05) is 26.8 Å². The first-order chi connectivity index (χ1) is 16.4. The molecule has 0 radical (unpaired) electrons. The number of hydrogen-bond donors (Lipinski definition) is 2. The number of carbonyl (C=O) groups excluding carboxylic acids is 2. The number of aliphatic carboxylic acids is 1. The molecule has 2 amide bonds. The summed E-state index contributed by atoms with van der Waals surface area (Å²) >= 11 is 0. The molecule has 0 aliphatic heterocycles. The molecular weight excluding hydrogens is 436 g/mol. The van der Waals surface area contributed by atoms with Crippen LogP contribution in [0.1, 0.15) is 42.7 Å². The fourth-order valence-electron chi connectivity index (χ4n) is 5.05. The zero-order valence-electron chi connectivity index (χ0n) is 19.2. The molecule has 2 aromatic rings. The maximum atomic E-state index is 12.5. The summed E-state index contributed by atoms with van der Waals surface area (Å²) in [5.74, 6) is -1.45. The van der Waals surface area contributed by atoms with Crippen molar-refractivity contribution in [1.82, 2.24) is 10.4 Å². The van der Waals surface area contributed by atoms with Crippen molar-refractivity contribution in [1.29, 1.82) is 0 Å². The molecule has 0 saturated heterocycles. The van der Waals surface area contributed by atoms with Gasteiger partial charge in [0.2, 0.25) is 5.91 Å². The zero-order valence-corrected chi connectivity index (χ0v) is 19.2. The molecule has 8 heteroatoms. The number of ether oxygens (including phenoxy) is 1. The summed E-state index contributed by atoms with van der Waals surface area (Å²) in [6.07, 6.45) is 2.65. The fourth-order valence-corrected chi connectivity index (χ4v) is 5.05. The minimum atomic E-state index is -1.13. The first kappa shape index (κ1) is 23.8. The Kier molecular flexibility index (Phi) is 7.47. The Hall–Kier alpha value is -3.39. The molecule has 2 aromatic carbocycles. The Labute approximate surface area is 198 Å². The van der Waals surface area contributed by atoms with Crippen LogP contribution < -0.4 is 5.32 Å². The molecular formula is C26H30N2O6. The second-order valence-electron chi connectivity index (χ2n) is 8.94. The standard InChI is InChI=1S/C26H30N2O6/c1-28(34-16-24(29)30)25(31)18-8-6-7-17(13-18)14-27-26(32)33-15-23-21-11-4-2-9-19(21)20-10-3-5-12-22(20)23/h2-5,9-12,17-18,23H,6-8,13-16H2,1H3,(H,27,32)(H,29,30). The van der Waals surface area contributed by atoms with Crippen LogP contribution in [0.15, 0.2) is 48.5 Å². The molecule has 0 heterocycles. The lowest BCUT2D eigenvalue weighted by atomic mass is 9.81. The van der Waals surface area contributed by atoms with Crippen molar-refractivity contribution in [2.45, 2.75) is 31.6 Å². The Morgan fingerprint density at radius 3 is 2.32 bits per heavy atom. The normalized spacial score (nSPS) is 19.1. The number of carboxylic acids is 1. The van der Waals surface area contributed by atoms with E-state index in [1.165, 1.54) is 29.3 Å². The van der Waals surface area contributed by atoms with Crippen molar-refractivity contribution in [2.24, 2.45) is 11.8 Å². The number of alkyl carbamates (subject to hydrolysis) is 1. The number of benzene rings is 2. The molecule has 8 nitrogen and oxygen atoms in total. The van der Waals surface area contributed by atoms with Gasteiger partial charge in [0.25, 0.3) is 0 Å². The molecule has 180 valence electrons. The number of carbonyl (C=O) groups is 3. The van der Waals surface area contributed by atoms with Crippen LogP contribution in [0.4, 0.5) is 4.79 Å². The molecule has 2 N–H and O–H groups in total. The van der Waals surface area contributed by atoms with Gasteiger partial charge in [0.15, 0.2) is 6.61 Å². The van der Waals surface area contributed by atoms with Gasteiger partial charge >= 0.3 is 12.1 Å². The summed E-state index contributed by atoms with van der Waals surface area (Å²) in [7, 11) is 1.43. The molecule has 1 saturated carbocycles. The highest BCUT2D eigenvalue weighted by Gasteiger charge is 2.31. The van der Waals surface area contributed by atoms with Crippen LogP contribution in [-0.4, -0.2) is 54.9 Å². The predicted molar refractivity (Wildman–Crippen MR) is 125 cm³/mol. The maximum Gasteiger partial charge on any atom is 0.407 e. The number of nitrogens with one attached hydrogen (secondary N) is 1. The van der Waals surface area contributed by atoms with Gasteiger partial charge in [-0.3, -0.25) is 9.63 Å². The van der Waals surface area contributed by atoms with Crippen LogP contribution in [0.3, 0.4) is 0 Å². The third-order valence-electron chi connectivity index (χ3n) is 6.70. The minimum absolute atomic E-state index is 0.0103. The van der Waals surface area contributed by atoms with E-state index in [4.69, 9.17) is 14.7 Å².